The summed E-state index contributed by atoms with van der Waals surface area (Å²) in [4.78, 5) is 2.21. The molecule has 1 aromatic heterocycles. The zero-order chi connectivity index (χ0) is 10.8. The summed E-state index contributed by atoms with van der Waals surface area (Å²) in [7, 11) is 4.17. The van der Waals surface area contributed by atoms with Gasteiger partial charge in [-0.25, -0.2) is 0 Å². The van der Waals surface area contributed by atoms with Crippen LogP contribution in [0.1, 0.15) is 37.1 Å². The molecule has 16 heavy (non-hydrogen) atoms. The minimum atomic E-state index is 0. The fourth-order valence-corrected chi connectivity index (χ4v) is 2.18. The monoisotopic (exact) mass is 290 g/mol. The third kappa shape index (κ3) is 2.40. The van der Waals surface area contributed by atoms with Gasteiger partial charge >= 0.3 is 0 Å². The molecule has 1 atom stereocenters. The molecule has 1 heterocycles. The molecule has 0 bridgehead atoms. The lowest BCUT2D eigenvalue weighted by molar-refractivity contribution is 0.250. The van der Waals surface area contributed by atoms with Crippen molar-refractivity contribution in [3.63, 3.8) is 0 Å². The van der Waals surface area contributed by atoms with E-state index in [1.165, 1.54) is 0 Å². The number of hydrogen-bond acceptors (Lipinski definition) is 4. The van der Waals surface area contributed by atoms with Gasteiger partial charge in [-0.05, 0) is 39.0 Å². The van der Waals surface area contributed by atoms with Gasteiger partial charge in [0, 0.05) is 12.5 Å². The van der Waals surface area contributed by atoms with Gasteiger partial charge < -0.3 is 14.2 Å². The van der Waals surface area contributed by atoms with Gasteiger partial charge in [0.15, 0.2) is 0 Å². The summed E-state index contributed by atoms with van der Waals surface area (Å²) in [5, 5.41) is 4.00. The van der Waals surface area contributed by atoms with Crippen LogP contribution in [0.3, 0.4) is 0 Å². The molecule has 0 aliphatic heterocycles. The molecule has 1 aliphatic carbocycles. The molecule has 4 nitrogen and oxygen atoms in total. The summed E-state index contributed by atoms with van der Waals surface area (Å²) in [5.74, 6) is 1.69. The third-order valence-corrected chi connectivity index (χ3v) is 2.89. The Morgan fingerprint density at radius 3 is 2.88 bits per heavy atom. The molecule has 0 saturated carbocycles. The van der Waals surface area contributed by atoms with Crippen molar-refractivity contribution in [2.45, 2.75) is 32.2 Å². The maximum Gasteiger partial charge on any atom is 0.259 e. The van der Waals surface area contributed by atoms with Crippen molar-refractivity contribution in [3.8, 4) is 5.88 Å². The second-order valence-corrected chi connectivity index (χ2v) is 4.13. The first kappa shape index (κ1) is 13.5. The molecule has 1 aliphatic rings. The summed E-state index contributed by atoms with van der Waals surface area (Å²) in [6.45, 7) is 2.60. The molecule has 0 spiro atoms. The van der Waals surface area contributed by atoms with E-state index in [-0.39, 0.29) is 17.0 Å². The van der Waals surface area contributed by atoms with E-state index in [0.29, 0.717) is 18.5 Å². The molecule has 5 heteroatoms. The smallest absolute Gasteiger partial charge is 0.259 e. The summed E-state index contributed by atoms with van der Waals surface area (Å²) >= 11 is 0. The average Bonchev–Trinajstić information content (AvgIpc) is 2.62. The number of aromatic nitrogens is 1. The number of aryl methyl sites for hydroxylation is 1. The highest BCUT2D eigenvalue weighted by molar-refractivity contribution is 8.93. The van der Waals surface area contributed by atoms with E-state index in [1.807, 2.05) is 6.92 Å². The van der Waals surface area contributed by atoms with Gasteiger partial charge in [0.1, 0.15) is 5.76 Å². The van der Waals surface area contributed by atoms with Gasteiger partial charge in [-0.3, -0.25) is 0 Å². The maximum absolute atomic E-state index is 5.49. The topological polar surface area (TPSA) is 38.5 Å². The van der Waals surface area contributed by atoms with Crippen molar-refractivity contribution in [1.82, 2.24) is 10.1 Å². The summed E-state index contributed by atoms with van der Waals surface area (Å²) < 4.78 is 10.8. The predicted molar refractivity (Wildman–Crippen MR) is 67.4 cm³/mol. The number of halogens is 1. The van der Waals surface area contributed by atoms with E-state index < -0.39 is 0 Å². The van der Waals surface area contributed by atoms with Crippen LogP contribution in [-0.2, 0) is 6.42 Å². The highest BCUT2D eigenvalue weighted by Crippen LogP contribution is 2.38. The second-order valence-electron chi connectivity index (χ2n) is 4.13. The number of fused-ring (bicyclic) bond motifs is 1. The Balaban J connectivity index is 0.00000128. The molecule has 0 amide bonds. The van der Waals surface area contributed by atoms with E-state index >= 15 is 0 Å². The maximum atomic E-state index is 5.49. The molecule has 0 radical (unpaired) electrons. The van der Waals surface area contributed by atoms with Crippen LogP contribution in [0, 0.1) is 0 Å². The lowest BCUT2D eigenvalue weighted by Gasteiger charge is -2.27. The Kier molecular flexibility index (Phi) is 4.80. The van der Waals surface area contributed by atoms with Crippen molar-refractivity contribution < 1.29 is 9.26 Å². The number of nitrogens with zero attached hydrogens (tertiary/aromatic N) is 2. The Morgan fingerprint density at radius 2 is 2.25 bits per heavy atom. The Labute approximate surface area is 107 Å². The molecule has 1 unspecified atom stereocenters. The van der Waals surface area contributed by atoms with Gasteiger partial charge in [-0.15, -0.1) is 17.0 Å². The van der Waals surface area contributed by atoms with Gasteiger partial charge in [-0.2, -0.15) is 0 Å². The summed E-state index contributed by atoms with van der Waals surface area (Å²) in [6, 6.07) is 0.390. The Morgan fingerprint density at radius 1 is 1.50 bits per heavy atom. The lowest BCUT2D eigenvalue weighted by Crippen LogP contribution is -2.23. The minimum Gasteiger partial charge on any atom is -0.476 e. The lowest BCUT2D eigenvalue weighted by atomic mass is 9.92. The van der Waals surface area contributed by atoms with Crippen LogP contribution in [0.5, 0.6) is 5.88 Å². The second kappa shape index (κ2) is 5.68. The fraction of sp³-hybridized carbons (Fsp3) is 0.727. The van der Waals surface area contributed by atoms with Crippen molar-refractivity contribution in [2.75, 3.05) is 20.7 Å². The van der Waals surface area contributed by atoms with Crippen LogP contribution >= 0.6 is 17.0 Å². The van der Waals surface area contributed by atoms with Crippen LogP contribution in [0.4, 0.5) is 0 Å². The molecule has 0 saturated heterocycles. The third-order valence-electron chi connectivity index (χ3n) is 2.89. The van der Waals surface area contributed by atoms with Crippen molar-refractivity contribution in [1.29, 1.82) is 0 Å². The average molecular weight is 291 g/mol. The van der Waals surface area contributed by atoms with Crippen molar-refractivity contribution >= 4 is 17.0 Å². The van der Waals surface area contributed by atoms with Gasteiger partial charge in [0.05, 0.1) is 12.2 Å². The van der Waals surface area contributed by atoms with Crippen molar-refractivity contribution in [2.24, 2.45) is 0 Å². The molecule has 92 valence electrons. The zero-order valence-electron chi connectivity index (χ0n) is 10.0. The van der Waals surface area contributed by atoms with E-state index in [0.717, 1.165) is 30.6 Å². The van der Waals surface area contributed by atoms with Crippen LogP contribution in [0.15, 0.2) is 4.52 Å². The molecule has 1 aromatic rings. The van der Waals surface area contributed by atoms with E-state index in [2.05, 4.69) is 24.2 Å². The molecule has 0 fully saturated rings. The van der Waals surface area contributed by atoms with Crippen LogP contribution < -0.4 is 4.74 Å². The van der Waals surface area contributed by atoms with E-state index in [9.17, 15) is 0 Å². The number of hydrogen-bond donors (Lipinski definition) is 0. The Bertz CT molecular complexity index is 339. The number of ether oxygens (including phenoxy) is 1. The molecule has 0 aromatic carbocycles. The molecular formula is C11H19BrN2O2. The van der Waals surface area contributed by atoms with Crippen LogP contribution in [0.2, 0.25) is 0 Å². The molecule has 0 N–H and O–H groups in total. The Hall–Kier alpha value is -0.550. The number of rotatable bonds is 3. The van der Waals surface area contributed by atoms with Gasteiger partial charge in [0.25, 0.3) is 5.88 Å². The molecular weight excluding hydrogens is 272 g/mol. The first-order valence-corrected chi connectivity index (χ1v) is 5.51. The minimum absolute atomic E-state index is 0. The fourth-order valence-electron chi connectivity index (χ4n) is 2.18. The predicted octanol–water partition coefficient (Wildman–Crippen LogP) is 2.59. The van der Waals surface area contributed by atoms with Crippen molar-refractivity contribution in [3.05, 3.63) is 11.3 Å². The van der Waals surface area contributed by atoms with Crippen LogP contribution in [0.25, 0.3) is 0 Å². The highest BCUT2D eigenvalue weighted by Gasteiger charge is 2.30. The quantitative estimate of drug-likeness (QED) is 0.858. The first-order chi connectivity index (χ1) is 7.24. The van der Waals surface area contributed by atoms with Crippen LogP contribution in [-0.4, -0.2) is 30.8 Å². The van der Waals surface area contributed by atoms with E-state index in [1.54, 1.807) is 0 Å². The summed E-state index contributed by atoms with van der Waals surface area (Å²) in [6.07, 6.45) is 3.30. The van der Waals surface area contributed by atoms with E-state index in [4.69, 9.17) is 9.26 Å². The van der Waals surface area contributed by atoms with Gasteiger partial charge in [0.2, 0.25) is 0 Å². The SMILES string of the molecule is Br.CCOc1noc2c1C(N(C)C)CCC2. The first-order valence-electron chi connectivity index (χ1n) is 5.51. The van der Waals surface area contributed by atoms with Gasteiger partial charge in [-0.1, -0.05) is 0 Å². The highest BCUT2D eigenvalue weighted by atomic mass is 79.9. The summed E-state index contributed by atoms with van der Waals surface area (Å²) in [5.41, 5.74) is 1.16. The zero-order valence-corrected chi connectivity index (χ0v) is 11.7. The molecule has 2 rings (SSSR count). The largest absolute Gasteiger partial charge is 0.476 e. The normalized spacial score (nSPS) is 19.1. The standard InChI is InChI=1S/C11H18N2O2.BrH/c1-4-14-11-10-8(13(2)3)6-5-7-9(10)15-12-11;/h8H,4-7H2,1-3H3;1H.